The highest BCUT2D eigenvalue weighted by molar-refractivity contribution is 6.33. The minimum atomic E-state index is -0.412. The summed E-state index contributed by atoms with van der Waals surface area (Å²) >= 11 is 12.5. The molecule has 0 aliphatic rings. The molecule has 0 saturated heterocycles. The van der Waals surface area contributed by atoms with Crippen molar-refractivity contribution in [1.82, 2.24) is 9.80 Å². The van der Waals surface area contributed by atoms with Crippen LogP contribution >= 0.6 is 23.2 Å². The van der Waals surface area contributed by atoms with E-state index in [0.717, 1.165) is 41.4 Å². The number of rotatable bonds is 10. The molecule has 0 heterocycles. The van der Waals surface area contributed by atoms with Gasteiger partial charge < -0.3 is 19.3 Å². The van der Waals surface area contributed by atoms with Crippen molar-refractivity contribution in [3.05, 3.63) is 106 Å². The van der Waals surface area contributed by atoms with Crippen LogP contribution in [0.15, 0.2) is 88.8 Å². The standard InChI is InChI=1S/C17H18ClFN2O.C17H19ClN2O/c1-4-21(3)11-20-15-9-12(2)17(10-13(15)18)22-16-8-6-5-7-14(16)19;1-4-20(3)12-19-16-10-13(2)17(11-15(16)18)21-14-8-6-5-7-9-14/h5-11H,4H2,1-3H3;5-12H,4H2,1-3H3. The molecule has 9 heteroatoms. The van der Waals surface area contributed by atoms with Gasteiger partial charge in [0.2, 0.25) is 0 Å². The molecular formula is C34H37Cl2FN4O2. The second-order valence-electron chi connectivity index (χ2n) is 9.72. The molecule has 4 rings (SSSR count). The maximum absolute atomic E-state index is 13.6. The van der Waals surface area contributed by atoms with Gasteiger partial charge >= 0.3 is 0 Å². The van der Waals surface area contributed by atoms with Gasteiger partial charge in [-0.3, -0.25) is 0 Å². The van der Waals surface area contributed by atoms with Gasteiger partial charge in [0.15, 0.2) is 11.6 Å². The van der Waals surface area contributed by atoms with Crippen LogP contribution in [0, 0.1) is 19.7 Å². The second kappa shape index (κ2) is 16.5. The predicted octanol–water partition coefficient (Wildman–Crippen LogP) is 10.2. The van der Waals surface area contributed by atoms with Gasteiger partial charge in [-0.2, -0.15) is 0 Å². The molecule has 226 valence electrons. The first kappa shape index (κ1) is 33.4. The fourth-order valence-corrected chi connectivity index (χ4v) is 3.87. The molecule has 0 amide bonds. The lowest BCUT2D eigenvalue weighted by molar-refractivity contribution is 0.439. The van der Waals surface area contributed by atoms with Crippen molar-refractivity contribution in [3.63, 3.8) is 0 Å². The van der Waals surface area contributed by atoms with Gasteiger partial charge in [0, 0.05) is 39.3 Å². The van der Waals surface area contributed by atoms with Crippen LogP contribution in [0.1, 0.15) is 25.0 Å². The average molecular weight is 624 g/mol. The van der Waals surface area contributed by atoms with E-state index < -0.39 is 5.82 Å². The van der Waals surface area contributed by atoms with E-state index in [0.29, 0.717) is 21.5 Å². The van der Waals surface area contributed by atoms with Crippen LogP contribution in [0.5, 0.6) is 23.0 Å². The van der Waals surface area contributed by atoms with Gasteiger partial charge in [0.1, 0.15) is 17.2 Å². The predicted molar refractivity (Wildman–Crippen MR) is 178 cm³/mol. The number of halogens is 3. The molecule has 0 spiro atoms. The average Bonchev–Trinajstić information content (AvgIpc) is 3.00. The first-order valence-electron chi connectivity index (χ1n) is 13.9. The van der Waals surface area contributed by atoms with Crippen molar-refractivity contribution in [2.24, 2.45) is 9.98 Å². The molecule has 4 aromatic carbocycles. The third kappa shape index (κ3) is 10.3. The Morgan fingerprint density at radius 2 is 1.14 bits per heavy atom. The second-order valence-corrected chi connectivity index (χ2v) is 10.5. The molecule has 4 aromatic rings. The smallest absolute Gasteiger partial charge is 0.165 e. The van der Waals surface area contributed by atoms with Gasteiger partial charge in [0.05, 0.1) is 34.1 Å². The minimum Gasteiger partial charge on any atom is -0.457 e. The first-order valence-corrected chi connectivity index (χ1v) is 14.6. The summed E-state index contributed by atoms with van der Waals surface area (Å²) in [4.78, 5) is 12.7. The molecule has 6 nitrogen and oxygen atoms in total. The highest BCUT2D eigenvalue weighted by Crippen LogP contribution is 2.36. The summed E-state index contributed by atoms with van der Waals surface area (Å²) in [7, 11) is 3.90. The zero-order valence-corrected chi connectivity index (χ0v) is 26.8. The quantitative estimate of drug-likeness (QED) is 0.130. The topological polar surface area (TPSA) is 49.7 Å². The molecule has 0 radical (unpaired) electrons. The number of hydrogen-bond acceptors (Lipinski definition) is 4. The SMILES string of the molecule is CCN(C)C=Nc1cc(C)c(Oc2ccccc2)cc1Cl.CCN(C)C=Nc1cc(C)c(Oc2ccccc2F)cc1Cl. The zero-order valence-electron chi connectivity index (χ0n) is 25.3. The van der Waals surface area contributed by atoms with Crippen molar-refractivity contribution in [1.29, 1.82) is 0 Å². The van der Waals surface area contributed by atoms with E-state index in [-0.39, 0.29) is 5.75 Å². The van der Waals surface area contributed by atoms with Gasteiger partial charge in [-0.25, -0.2) is 14.4 Å². The largest absolute Gasteiger partial charge is 0.457 e. The van der Waals surface area contributed by atoms with Gasteiger partial charge in [0.25, 0.3) is 0 Å². The third-order valence-corrected chi connectivity index (χ3v) is 6.91. The molecule has 0 bridgehead atoms. The van der Waals surface area contributed by atoms with Crippen molar-refractivity contribution >= 4 is 47.3 Å². The lowest BCUT2D eigenvalue weighted by Gasteiger charge is -2.12. The Kier molecular flexibility index (Phi) is 12.9. The molecule has 0 aromatic heterocycles. The Hall–Kier alpha value is -4.07. The van der Waals surface area contributed by atoms with Crippen LogP contribution < -0.4 is 9.47 Å². The van der Waals surface area contributed by atoms with E-state index in [1.807, 2.05) is 93.2 Å². The molecule has 0 saturated carbocycles. The van der Waals surface area contributed by atoms with Crippen LogP contribution in [0.2, 0.25) is 10.0 Å². The summed E-state index contributed by atoms with van der Waals surface area (Å²) < 4.78 is 25.1. The number of para-hydroxylation sites is 2. The van der Waals surface area contributed by atoms with E-state index in [1.54, 1.807) is 36.9 Å². The Balaban J connectivity index is 0.000000236. The fourth-order valence-electron chi connectivity index (χ4n) is 3.46. The monoisotopic (exact) mass is 622 g/mol. The zero-order chi connectivity index (χ0) is 31.4. The van der Waals surface area contributed by atoms with E-state index >= 15 is 0 Å². The third-order valence-electron chi connectivity index (χ3n) is 6.30. The van der Waals surface area contributed by atoms with Crippen LogP contribution in [0.25, 0.3) is 0 Å². The van der Waals surface area contributed by atoms with Gasteiger partial charge in [-0.1, -0.05) is 53.5 Å². The molecule has 0 atom stereocenters. The summed E-state index contributed by atoms with van der Waals surface area (Å²) in [5.41, 5.74) is 3.23. The van der Waals surface area contributed by atoms with Gasteiger partial charge in [-0.05, 0) is 75.2 Å². The highest BCUT2D eigenvalue weighted by Gasteiger charge is 2.10. The normalized spacial score (nSPS) is 10.9. The summed E-state index contributed by atoms with van der Waals surface area (Å²) in [5, 5.41) is 1.03. The number of benzene rings is 4. The molecule has 0 fully saturated rings. The fraction of sp³-hybridized carbons (Fsp3) is 0.235. The molecule has 0 unspecified atom stereocenters. The van der Waals surface area contributed by atoms with Crippen LogP contribution in [0.4, 0.5) is 15.8 Å². The van der Waals surface area contributed by atoms with Crippen LogP contribution in [-0.2, 0) is 0 Å². The van der Waals surface area contributed by atoms with Crippen LogP contribution in [0.3, 0.4) is 0 Å². The number of aryl methyl sites for hydroxylation is 2. The Morgan fingerprint density at radius 1 is 0.674 bits per heavy atom. The van der Waals surface area contributed by atoms with E-state index in [2.05, 4.69) is 16.9 Å². The summed E-state index contributed by atoms with van der Waals surface area (Å²) in [6, 6.07) is 23.1. The van der Waals surface area contributed by atoms with Crippen LogP contribution in [-0.4, -0.2) is 49.7 Å². The minimum absolute atomic E-state index is 0.170. The number of ether oxygens (including phenoxy) is 2. The summed E-state index contributed by atoms with van der Waals surface area (Å²) in [5.74, 6) is 1.80. The van der Waals surface area contributed by atoms with E-state index in [4.69, 9.17) is 32.7 Å². The Morgan fingerprint density at radius 3 is 1.63 bits per heavy atom. The first-order chi connectivity index (χ1) is 20.6. The molecular weight excluding hydrogens is 586 g/mol. The molecule has 0 aliphatic heterocycles. The molecule has 0 aliphatic carbocycles. The van der Waals surface area contributed by atoms with E-state index in [1.165, 1.54) is 6.07 Å². The van der Waals surface area contributed by atoms with Crippen molar-refractivity contribution < 1.29 is 13.9 Å². The maximum Gasteiger partial charge on any atom is 0.165 e. The summed E-state index contributed by atoms with van der Waals surface area (Å²) in [6.45, 7) is 9.70. The Bertz CT molecular complexity index is 1550. The van der Waals surface area contributed by atoms with E-state index in [9.17, 15) is 4.39 Å². The lowest BCUT2D eigenvalue weighted by atomic mass is 10.2. The lowest BCUT2D eigenvalue weighted by Crippen LogP contribution is -2.14. The number of aliphatic imine (C=N–C) groups is 2. The van der Waals surface area contributed by atoms with Crippen molar-refractivity contribution in [2.75, 3.05) is 27.2 Å². The summed E-state index contributed by atoms with van der Waals surface area (Å²) in [6.07, 6.45) is 3.50. The highest BCUT2D eigenvalue weighted by atomic mass is 35.5. The number of nitrogens with zero attached hydrogens (tertiary/aromatic N) is 4. The van der Waals surface area contributed by atoms with Crippen molar-refractivity contribution in [3.8, 4) is 23.0 Å². The number of hydrogen-bond donors (Lipinski definition) is 0. The van der Waals surface area contributed by atoms with Crippen molar-refractivity contribution in [2.45, 2.75) is 27.7 Å². The van der Waals surface area contributed by atoms with Gasteiger partial charge in [-0.15, -0.1) is 0 Å². The molecule has 0 N–H and O–H groups in total. The maximum atomic E-state index is 13.6. The molecule has 43 heavy (non-hydrogen) atoms. The Labute approximate surface area is 264 Å².